The molecule has 0 saturated heterocycles. The number of rotatable bonds is 11. The molecule has 2 aromatic rings. The van der Waals surface area contributed by atoms with E-state index in [2.05, 4.69) is 17.4 Å². The average Bonchev–Trinajstić information content (AvgIpc) is 3.12. The number of fused-ring (bicyclic) bond motifs is 3. The van der Waals surface area contributed by atoms with E-state index in [1.165, 1.54) is 4.90 Å². The number of alkyl carbamates (subject to hydrolysis) is 1. The van der Waals surface area contributed by atoms with Crippen molar-refractivity contribution in [2.24, 2.45) is 0 Å². The van der Waals surface area contributed by atoms with Crippen LogP contribution in [0.4, 0.5) is 4.79 Å². The lowest BCUT2D eigenvalue weighted by molar-refractivity contribution is -0.138. The molecule has 0 bridgehead atoms. The molecule has 0 aliphatic heterocycles. The minimum Gasteiger partial charge on any atom is -0.481 e. The Balaban J connectivity index is 1.45. The zero-order valence-corrected chi connectivity index (χ0v) is 18.7. The zero-order chi connectivity index (χ0) is 23.8. The van der Waals surface area contributed by atoms with Crippen molar-refractivity contribution < 1.29 is 29.3 Å². The molecule has 33 heavy (non-hydrogen) atoms. The minimum atomic E-state index is -1.06. The third-order valence-corrected chi connectivity index (χ3v) is 5.79. The molecule has 2 aromatic carbocycles. The molecule has 3 N–H and O–H groups in total. The van der Waals surface area contributed by atoms with Gasteiger partial charge >= 0.3 is 12.1 Å². The molecule has 0 heterocycles. The Morgan fingerprint density at radius 3 is 2.24 bits per heavy atom. The normalized spacial score (nSPS) is 13.0. The van der Waals surface area contributed by atoms with E-state index in [0.29, 0.717) is 19.5 Å². The standard InChI is InChI=1S/C25H30N2O6/c1-2-27(13-7-12-24(30)31)23(29)14-17(28)15-26-25(32)33-16-22-20-10-5-3-8-18(20)19-9-4-6-11-21(19)22/h3-6,8-11,17,22,28H,2,7,12-16H2,1H3,(H,26,32)(H,30,31). The summed E-state index contributed by atoms with van der Waals surface area (Å²) in [5, 5.41) is 21.4. The molecule has 8 nitrogen and oxygen atoms in total. The van der Waals surface area contributed by atoms with Crippen molar-refractivity contribution in [3.05, 3.63) is 59.7 Å². The zero-order valence-electron chi connectivity index (χ0n) is 18.7. The van der Waals surface area contributed by atoms with Gasteiger partial charge in [-0.2, -0.15) is 0 Å². The van der Waals surface area contributed by atoms with Crippen LogP contribution in [0.15, 0.2) is 48.5 Å². The predicted octanol–water partition coefficient (Wildman–Crippen LogP) is 2.99. The SMILES string of the molecule is CCN(CCCC(=O)O)C(=O)CC(O)CNC(=O)OCC1c2ccccc2-c2ccccc21. The molecule has 1 unspecified atom stereocenters. The molecule has 0 saturated carbocycles. The Kier molecular flexibility index (Phi) is 8.43. The number of nitrogens with zero attached hydrogens (tertiary/aromatic N) is 1. The molecular weight excluding hydrogens is 424 g/mol. The lowest BCUT2D eigenvalue weighted by Gasteiger charge is -2.22. The summed E-state index contributed by atoms with van der Waals surface area (Å²) in [6, 6.07) is 16.1. The van der Waals surface area contributed by atoms with Crippen molar-refractivity contribution in [2.45, 2.75) is 38.2 Å². The molecular formula is C25H30N2O6. The van der Waals surface area contributed by atoms with Crippen LogP contribution in [0.5, 0.6) is 0 Å². The van der Waals surface area contributed by atoms with Crippen molar-refractivity contribution >= 4 is 18.0 Å². The molecule has 0 radical (unpaired) electrons. The summed E-state index contributed by atoms with van der Waals surface area (Å²) < 4.78 is 5.43. The highest BCUT2D eigenvalue weighted by atomic mass is 16.5. The fourth-order valence-electron chi connectivity index (χ4n) is 4.13. The number of hydrogen-bond acceptors (Lipinski definition) is 5. The second-order valence-corrected chi connectivity index (χ2v) is 8.04. The van der Waals surface area contributed by atoms with Crippen LogP contribution in [0.2, 0.25) is 0 Å². The maximum atomic E-state index is 12.3. The van der Waals surface area contributed by atoms with Crippen LogP contribution in [0.3, 0.4) is 0 Å². The monoisotopic (exact) mass is 454 g/mol. The Bertz CT molecular complexity index is 947. The average molecular weight is 455 g/mol. The van der Waals surface area contributed by atoms with Crippen LogP contribution in [-0.2, 0) is 14.3 Å². The Labute approximate surface area is 193 Å². The van der Waals surface area contributed by atoms with E-state index < -0.39 is 18.2 Å². The van der Waals surface area contributed by atoms with Gasteiger partial charge in [0.25, 0.3) is 0 Å². The van der Waals surface area contributed by atoms with Crippen LogP contribution in [0, 0.1) is 0 Å². The minimum absolute atomic E-state index is 0.0182. The highest BCUT2D eigenvalue weighted by Crippen LogP contribution is 2.44. The van der Waals surface area contributed by atoms with Gasteiger partial charge in [-0.1, -0.05) is 48.5 Å². The Hall–Kier alpha value is -3.39. The second kappa shape index (κ2) is 11.5. The molecule has 0 aromatic heterocycles. The summed E-state index contributed by atoms with van der Waals surface area (Å²) in [4.78, 5) is 36.7. The van der Waals surface area contributed by atoms with Gasteiger partial charge in [0.1, 0.15) is 6.61 Å². The lowest BCUT2D eigenvalue weighted by atomic mass is 9.98. The van der Waals surface area contributed by atoms with Gasteiger partial charge in [-0.25, -0.2) is 4.79 Å². The second-order valence-electron chi connectivity index (χ2n) is 8.04. The van der Waals surface area contributed by atoms with Crippen molar-refractivity contribution in [1.82, 2.24) is 10.2 Å². The third-order valence-electron chi connectivity index (χ3n) is 5.79. The number of nitrogens with one attached hydrogen (secondary N) is 1. The first-order valence-corrected chi connectivity index (χ1v) is 11.2. The summed E-state index contributed by atoms with van der Waals surface area (Å²) in [6.07, 6.45) is -1.55. The van der Waals surface area contributed by atoms with E-state index in [-0.39, 0.29) is 37.8 Å². The van der Waals surface area contributed by atoms with Gasteiger partial charge in [-0.3, -0.25) is 9.59 Å². The summed E-state index contributed by atoms with van der Waals surface area (Å²) >= 11 is 0. The first kappa shape index (κ1) is 24.3. The van der Waals surface area contributed by atoms with Gasteiger partial charge in [-0.15, -0.1) is 0 Å². The van der Waals surface area contributed by atoms with Crippen LogP contribution >= 0.6 is 0 Å². The number of aliphatic hydroxyl groups excluding tert-OH is 1. The third kappa shape index (κ3) is 6.32. The molecule has 1 aliphatic rings. The first-order chi connectivity index (χ1) is 15.9. The molecule has 8 heteroatoms. The van der Waals surface area contributed by atoms with E-state index in [0.717, 1.165) is 22.3 Å². The van der Waals surface area contributed by atoms with E-state index in [1.54, 1.807) is 6.92 Å². The number of carboxylic acids is 1. The molecule has 0 fully saturated rings. The number of ether oxygens (including phenoxy) is 1. The van der Waals surface area contributed by atoms with Crippen LogP contribution < -0.4 is 5.32 Å². The Morgan fingerprint density at radius 1 is 1.06 bits per heavy atom. The number of benzene rings is 2. The number of aliphatic hydroxyl groups is 1. The maximum absolute atomic E-state index is 12.3. The van der Waals surface area contributed by atoms with Gasteiger partial charge in [0.15, 0.2) is 0 Å². The maximum Gasteiger partial charge on any atom is 0.407 e. The molecule has 1 aliphatic carbocycles. The van der Waals surface area contributed by atoms with E-state index in [9.17, 15) is 19.5 Å². The van der Waals surface area contributed by atoms with Gasteiger partial charge in [-0.05, 0) is 35.6 Å². The van der Waals surface area contributed by atoms with Crippen LogP contribution in [0.1, 0.15) is 43.2 Å². The van der Waals surface area contributed by atoms with E-state index in [1.807, 2.05) is 36.4 Å². The topological polar surface area (TPSA) is 116 Å². The summed E-state index contributed by atoms with van der Waals surface area (Å²) in [6.45, 7) is 2.58. The van der Waals surface area contributed by atoms with Crippen LogP contribution in [0.25, 0.3) is 11.1 Å². The fraction of sp³-hybridized carbons (Fsp3) is 0.400. The molecule has 2 amide bonds. The lowest BCUT2D eigenvalue weighted by Crippen LogP contribution is -2.38. The van der Waals surface area contributed by atoms with E-state index >= 15 is 0 Å². The van der Waals surface area contributed by atoms with Crippen molar-refractivity contribution in [1.29, 1.82) is 0 Å². The number of carbonyl (C=O) groups excluding carboxylic acids is 2. The number of aliphatic carboxylic acids is 1. The largest absolute Gasteiger partial charge is 0.481 e. The first-order valence-electron chi connectivity index (χ1n) is 11.2. The number of carbonyl (C=O) groups is 3. The van der Waals surface area contributed by atoms with E-state index in [4.69, 9.17) is 9.84 Å². The number of amides is 2. The highest BCUT2D eigenvalue weighted by Gasteiger charge is 2.29. The fourth-order valence-corrected chi connectivity index (χ4v) is 4.13. The van der Waals surface area contributed by atoms with Gasteiger partial charge in [0, 0.05) is 32.0 Å². The Morgan fingerprint density at radius 2 is 1.67 bits per heavy atom. The van der Waals surface area contributed by atoms with Gasteiger partial charge < -0.3 is 25.2 Å². The number of hydrogen-bond donors (Lipinski definition) is 3. The smallest absolute Gasteiger partial charge is 0.407 e. The van der Waals surface area contributed by atoms with Crippen molar-refractivity contribution in [3.63, 3.8) is 0 Å². The molecule has 176 valence electrons. The van der Waals surface area contributed by atoms with Gasteiger partial charge in [0.2, 0.25) is 5.91 Å². The van der Waals surface area contributed by atoms with Crippen LogP contribution in [-0.4, -0.2) is 65.4 Å². The summed E-state index contributed by atoms with van der Waals surface area (Å²) in [5.74, 6) is -1.26. The van der Waals surface area contributed by atoms with Gasteiger partial charge in [0.05, 0.1) is 12.5 Å². The molecule has 1 atom stereocenters. The predicted molar refractivity (Wildman–Crippen MR) is 123 cm³/mol. The summed E-state index contributed by atoms with van der Waals surface area (Å²) in [5.41, 5.74) is 4.50. The highest BCUT2D eigenvalue weighted by molar-refractivity contribution is 5.79. The number of carboxylic acid groups (broad SMARTS) is 1. The molecule has 0 spiro atoms. The quantitative estimate of drug-likeness (QED) is 0.481. The summed E-state index contributed by atoms with van der Waals surface area (Å²) in [7, 11) is 0. The van der Waals surface area contributed by atoms with Crippen molar-refractivity contribution in [2.75, 3.05) is 26.2 Å². The molecule has 3 rings (SSSR count). The van der Waals surface area contributed by atoms with Crippen molar-refractivity contribution in [3.8, 4) is 11.1 Å².